The van der Waals surface area contributed by atoms with Crippen molar-refractivity contribution in [3.8, 4) is 0 Å². The lowest BCUT2D eigenvalue weighted by molar-refractivity contribution is -0.384. The standard InChI is InChI=1S/C10H15N3O2/c11-6-1-2-7-12-9-4-3-5-10(8-9)13(14)15/h3-5,8,12H,1-2,6-7,11H2. The van der Waals surface area contributed by atoms with Gasteiger partial charge in [-0.05, 0) is 25.5 Å². The Labute approximate surface area is 88.4 Å². The van der Waals surface area contributed by atoms with Crippen LogP contribution < -0.4 is 11.1 Å². The quantitative estimate of drug-likeness (QED) is 0.425. The second kappa shape index (κ2) is 5.98. The largest absolute Gasteiger partial charge is 0.385 e. The van der Waals surface area contributed by atoms with Gasteiger partial charge in [0.2, 0.25) is 0 Å². The van der Waals surface area contributed by atoms with Crippen molar-refractivity contribution in [3.05, 3.63) is 34.4 Å². The van der Waals surface area contributed by atoms with Crippen molar-refractivity contribution in [2.24, 2.45) is 5.73 Å². The second-order valence-electron chi connectivity index (χ2n) is 3.23. The van der Waals surface area contributed by atoms with Gasteiger partial charge in [-0.3, -0.25) is 10.1 Å². The molecule has 82 valence electrons. The molecule has 0 aliphatic rings. The van der Waals surface area contributed by atoms with Crippen molar-refractivity contribution in [2.75, 3.05) is 18.4 Å². The minimum Gasteiger partial charge on any atom is -0.385 e. The maximum absolute atomic E-state index is 10.5. The lowest BCUT2D eigenvalue weighted by atomic mass is 10.2. The Morgan fingerprint density at radius 2 is 2.20 bits per heavy atom. The molecule has 15 heavy (non-hydrogen) atoms. The lowest BCUT2D eigenvalue weighted by Crippen LogP contribution is -2.05. The van der Waals surface area contributed by atoms with Crippen LogP contribution in [0.1, 0.15) is 12.8 Å². The SMILES string of the molecule is NCCCCNc1cccc([N+](=O)[O-])c1. The van der Waals surface area contributed by atoms with Crippen molar-refractivity contribution in [1.82, 2.24) is 0 Å². The summed E-state index contributed by atoms with van der Waals surface area (Å²) in [5, 5.41) is 13.6. The molecule has 0 aliphatic carbocycles. The molecule has 0 spiro atoms. The average molecular weight is 209 g/mol. The molecular formula is C10H15N3O2. The predicted octanol–water partition coefficient (Wildman–Crippen LogP) is 1.75. The summed E-state index contributed by atoms with van der Waals surface area (Å²) < 4.78 is 0. The van der Waals surface area contributed by atoms with Gasteiger partial charge >= 0.3 is 0 Å². The number of nitro groups is 1. The molecule has 0 bridgehead atoms. The first-order valence-corrected chi connectivity index (χ1v) is 4.92. The average Bonchev–Trinajstić information content (AvgIpc) is 2.25. The molecule has 0 heterocycles. The fraction of sp³-hybridized carbons (Fsp3) is 0.400. The lowest BCUT2D eigenvalue weighted by Gasteiger charge is -2.04. The number of nitrogens with two attached hydrogens (primary N) is 1. The number of benzene rings is 1. The molecule has 1 aromatic rings. The molecule has 5 heteroatoms. The molecule has 0 unspecified atom stereocenters. The summed E-state index contributed by atoms with van der Waals surface area (Å²) in [6, 6.07) is 6.49. The highest BCUT2D eigenvalue weighted by atomic mass is 16.6. The van der Waals surface area contributed by atoms with Crippen molar-refractivity contribution in [2.45, 2.75) is 12.8 Å². The molecule has 0 atom stereocenters. The fourth-order valence-electron chi connectivity index (χ4n) is 1.23. The van der Waals surface area contributed by atoms with Crippen molar-refractivity contribution >= 4 is 11.4 Å². The Balaban J connectivity index is 2.47. The third kappa shape index (κ3) is 3.95. The van der Waals surface area contributed by atoms with Crippen LogP contribution in [0.25, 0.3) is 0 Å². The molecule has 0 fully saturated rings. The molecule has 0 aliphatic heterocycles. The van der Waals surface area contributed by atoms with Gasteiger partial charge < -0.3 is 11.1 Å². The summed E-state index contributed by atoms with van der Waals surface area (Å²) in [5.41, 5.74) is 6.24. The first-order valence-electron chi connectivity index (χ1n) is 4.92. The summed E-state index contributed by atoms with van der Waals surface area (Å²) in [7, 11) is 0. The Bertz CT molecular complexity index is 328. The van der Waals surface area contributed by atoms with E-state index in [1.54, 1.807) is 6.07 Å². The van der Waals surface area contributed by atoms with E-state index in [9.17, 15) is 10.1 Å². The van der Waals surface area contributed by atoms with E-state index in [2.05, 4.69) is 5.32 Å². The van der Waals surface area contributed by atoms with Gasteiger partial charge in [-0.2, -0.15) is 0 Å². The highest BCUT2D eigenvalue weighted by molar-refractivity contribution is 5.50. The third-order valence-corrected chi connectivity index (χ3v) is 2.02. The van der Waals surface area contributed by atoms with Gasteiger partial charge in [0.15, 0.2) is 0 Å². The van der Waals surface area contributed by atoms with Crippen LogP contribution in [0.4, 0.5) is 11.4 Å². The highest BCUT2D eigenvalue weighted by Gasteiger charge is 2.04. The van der Waals surface area contributed by atoms with E-state index < -0.39 is 4.92 Å². The number of unbranched alkanes of at least 4 members (excludes halogenated alkanes) is 1. The molecule has 0 amide bonds. The van der Waals surface area contributed by atoms with Gasteiger partial charge in [0.25, 0.3) is 5.69 Å². The second-order valence-corrected chi connectivity index (χ2v) is 3.23. The normalized spacial score (nSPS) is 9.93. The van der Waals surface area contributed by atoms with Crippen molar-refractivity contribution < 1.29 is 4.92 Å². The maximum Gasteiger partial charge on any atom is 0.271 e. The third-order valence-electron chi connectivity index (χ3n) is 2.02. The molecule has 0 saturated heterocycles. The molecule has 1 rings (SSSR count). The van der Waals surface area contributed by atoms with Crippen LogP contribution in [-0.4, -0.2) is 18.0 Å². The van der Waals surface area contributed by atoms with E-state index in [0.717, 1.165) is 25.1 Å². The molecule has 0 aromatic heterocycles. The molecular weight excluding hydrogens is 194 g/mol. The molecule has 0 saturated carbocycles. The van der Waals surface area contributed by atoms with Crippen LogP contribution in [0.15, 0.2) is 24.3 Å². The summed E-state index contributed by atoms with van der Waals surface area (Å²) in [4.78, 5) is 10.1. The molecule has 3 N–H and O–H groups in total. The summed E-state index contributed by atoms with van der Waals surface area (Å²) in [6.45, 7) is 1.47. The zero-order valence-corrected chi connectivity index (χ0v) is 8.48. The fourth-order valence-corrected chi connectivity index (χ4v) is 1.23. The van der Waals surface area contributed by atoms with Crippen LogP contribution in [-0.2, 0) is 0 Å². The van der Waals surface area contributed by atoms with Gasteiger partial charge in [0.05, 0.1) is 4.92 Å². The number of hydrogen-bond donors (Lipinski definition) is 2. The number of non-ortho nitro benzene ring substituents is 1. The highest BCUT2D eigenvalue weighted by Crippen LogP contribution is 2.16. The Hall–Kier alpha value is -1.62. The first kappa shape index (κ1) is 11.5. The van der Waals surface area contributed by atoms with E-state index in [1.807, 2.05) is 6.07 Å². The van der Waals surface area contributed by atoms with E-state index in [0.29, 0.717) is 6.54 Å². The van der Waals surface area contributed by atoms with Crippen LogP contribution in [0, 0.1) is 10.1 Å². The Morgan fingerprint density at radius 3 is 2.87 bits per heavy atom. The van der Waals surface area contributed by atoms with Crippen LogP contribution >= 0.6 is 0 Å². The Kier molecular flexibility index (Phi) is 4.56. The molecule has 0 radical (unpaired) electrons. The van der Waals surface area contributed by atoms with Crippen LogP contribution in [0.2, 0.25) is 0 Å². The first-order chi connectivity index (χ1) is 7.24. The minimum atomic E-state index is -0.398. The minimum absolute atomic E-state index is 0.110. The predicted molar refractivity (Wildman–Crippen MR) is 59.9 cm³/mol. The maximum atomic E-state index is 10.5. The van der Waals surface area contributed by atoms with Gasteiger partial charge in [-0.1, -0.05) is 6.07 Å². The van der Waals surface area contributed by atoms with Crippen molar-refractivity contribution in [1.29, 1.82) is 0 Å². The zero-order chi connectivity index (χ0) is 11.1. The van der Waals surface area contributed by atoms with Crippen LogP contribution in [0.3, 0.4) is 0 Å². The number of nitrogens with one attached hydrogen (secondary N) is 1. The number of hydrogen-bond acceptors (Lipinski definition) is 4. The summed E-state index contributed by atoms with van der Waals surface area (Å²) in [6.07, 6.45) is 1.93. The number of anilines is 1. The van der Waals surface area contributed by atoms with E-state index >= 15 is 0 Å². The van der Waals surface area contributed by atoms with Crippen LogP contribution in [0.5, 0.6) is 0 Å². The van der Waals surface area contributed by atoms with E-state index in [1.165, 1.54) is 12.1 Å². The van der Waals surface area contributed by atoms with Gasteiger partial charge in [0, 0.05) is 24.4 Å². The monoisotopic (exact) mass is 209 g/mol. The molecule has 1 aromatic carbocycles. The Morgan fingerprint density at radius 1 is 1.40 bits per heavy atom. The van der Waals surface area contributed by atoms with Gasteiger partial charge in [0.1, 0.15) is 0 Å². The number of nitrogens with zero attached hydrogens (tertiary/aromatic N) is 1. The smallest absolute Gasteiger partial charge is 0.271 e. The number of nitro benzene ring substituents is 1. The van der Waals surface area contributed by atoms with Gasteiger partial charge in [-0.15, -0.1) is 0 Å². The summed E-state index contributed by atoms with van der Waals surface area (Å²) >= 11 is 0. The number of rotatable bonds is 6. The molecule has 5 nitrogen and oxygen atoms in total. The zero-order valence-electron chi connectivity index (χ0n) is 8.48. The summed E-state index contributed by atoms with van der Waals surface area (Å²) in [5.74, 6) is 0. The van der Waals surface area contributed by atoms with E-state index in [-0.39, 0.29) is 5.69 Å². The topological polar surface area (TPSA) is 81.2 Å². The van der Waals surface area contributed by atoms with Gasteiger partial charge in [-0.25, -0.2) is 0 Å². The van der Waals surface area contributed by atoms with E-state index in [4.69, 9.17) is 5.73 Å². The van der Waals surface area contributed by atoms with Crippen molar-refractivity contribution in [3.63, 3.8) is 0 Å².